The zero-order valence-corrected chi connectivity index (χ0v) is 18.3. The Hall–Kier alpha value is -1.55. The van der Waals surface area contributed by atoms with Gasteiger partial charge in [0, 0.05) is 26.2 Å². The lowest BCUT2D eigenvalue weighted by Crippen LogP contribution is -2.63. The lowest BCUT2D eigenvalue weighted by atomic mass is 9.86. The molecule has 0 radical (unpaired) electrons. The normalized spacial score (nSPS) is 19.0. The Bertz CT molecular complexity index is 649. The number of hydrogen-bond donors (Lipinski definition) is 3. The summed E-state index contributed by atoms with van der Waals surface area (Å²) in [5.41, 5.74) is -0.510. The minimum Gasteiger partial charge on any atom is -0.444 e. The molecular formula is C18H35N5O4S. The summed E-state index contributed by atoms with van der Waals surface area (Å²) in [4.78, 5) is 18.0. The number of likely N-dealkylation sites (tertiary alicyclic amines) is 1. The first-order valence-electron chi connectivity index (χ1n) is 10.1. The zero-order chi connectivity index (χ0) is 20.8. The standard InChI is InChI=1S/C18H35N5O4S/c1-5-19-16(20-9-10-28(25,26)21-11-14-7-6-8-14)22-15-12-23(13-15)17(24)27-18(2,3)4/h14-15,21H,5-13H2,1-4H3,(H2,19,20,22). The van der Waals surface area contributed by atoms with E-state index in [0.717, 1.165) is 12.8 Å². The zero-order valence-electron chi connectivity index (χ0n) is 17.5. The molecule has 10 heteroatoms. The third-order valence-electron chi connectivity index (χ3n) is 4.66. The second-order valence-corrected chi connectivity index (χ2v) is 10.4. The highest BCUT2D eigenvalue weighted by molar-refractivity contribution is 7.89. The summed E-state index contributed by atoms with van der Waals surface area (Å²) in [6.45, 7) is 9.90. The van der Waals surface area contributed by atoms with E-state index >= 15 is 0 Å². The Labute approximate surface area is 168 Å². The second kappa shape index (κ2) is 9.78. The summed E-state index contributed by atoms with van der Waals surface area (Å²) in [6, 6.07) is 0.0682. The molecule has 0 spiro atoms. The number of carbonyl (C=O) groups is 1. The van der Waals surface area contributed by atoms with Gasteiger partial charge in [-0.25, -0.2) is 17.9 Å². The third kappa shape index (κ3) is 7.83. The number of sulfonamides is 1. The maximum absolute atomic E-state index is 12.1. The highest BCUT2D eigenvalue weighted by Crippen LogP contribution is 2.25. The van der Waals surface area contributed by atoms with E-state index in [4.69, 9.17) is 4.74 Å². The largest absolute Gasteiger partial charge is 0.444 e. The number of rotatable bonds is 8. The number of hydrogen-bond acceptors (Lipinski definition) is 5. The Morgan fingerprint density at radius 2 is 1.93 bits per heavy atom. The highest BCUT2D eigenvalue weighted by Gasteiger charge is 2.34. The molecule has 0 bridgehead atoms. The first kappa shape index (κ1) is 22.7. The van der Waals surface area contributed by atoms with Crippen LogP contribution >= 0.6 is 0 Å². The molecule has 1 heterocycles. The molecule has 0 unspecified atom stereocenters. The van der Waals surface area contributed by atoms with Gasteiger partial charge in [0.25, 0.3) is 0 Å². The van der Waals surface area contributed by atoms with Gasteiger partial charge in [0.15, 0.2) is 5.96 Å². The number of nitrogens with zero attached hydrogens (tertiary/aromatic N) is 2. The van der Waals surface area contributed by atoms with Gasteiger partial charge in [0.1, 0.15) is 5.60 Å². The minimum absolute atomic E-state index is 0.0367. The monoisotopic (exact) mass is 417 g/mol. The van der Waals surface area contributed by atoms with Gasteiger partial charge in [-0.3, -0.25) is 4.99 Å². The van der Waals surface area contributed by atoms with Crippen LogP contribution in [0.4, 0.5) is 4.79 Å². The van der Waals surface area contributed by atoms with Crippen molar-refractivity contribution in [2.45, 2.75) is 58.6 Å². The van der Waals surface area contributed by atoms with Crippen LogP contribution in [-0.4, -0.2) is 75.5 Å². The van der Waals surface area contributed by atoms with Crippen molar-refractivity contribution >= 4 is 22.1 Å². The molecule has 1 saturated heterocycles. The van der Waals surface area contributed by atoms with Crippen molar-refractivity contribution in [2.75, 3.05) is 38.5 Å². The van der Waals surface area contributed by atoms with Crippen molar-refractivity contribution in [3.05, 3.63) is 0 Å². The van der Waals surface area contributed by atoms with Crippen molar-refractivity contribution in [1.82, 2.24) is 20.3 Å². The van der Waals surface area contributed by atoms with E-state index in [1.54, 1.807) is 4.90 Å². The van der Waals surface area contributed by atoms with Gasteiger partial charge >= 0.3 is 6.09 Å². The predicted molar refractivity (Wildman–Crippen MR) is 110 cm³/mol. The van der Waals surface area contributed by atoms with Crippen molar-refractivity contribution in [1.29, 1.82) is 0 Å². The smallest absolute Gasteiger partial charge is 0.410 e. The van der Waals surface area contributed by atoms with Crippen LogP contribution in [0.1, 0.15) is 47.0 Å². The van der Waals surface area contributed by atoms with E-state index in [2.05, 4.69) is 20.3 Å². The molecule has 1 saturated carbocycles. The van der Waals surface area contributed by atoms with Crippen LogP contribution in [0.15, 0.2) is 4.99 Å². The molecule has 0 atom stereocenters. The van der Waals surface area contributed by atoms with Crippen LogP contribution in [0.2, 0.25) is 0 Å². The molecule has 2 fully saturated rings. The third-order valence-corrected chi connectivity index (χ3v) is 5.99. The van der Waals surface area contributed by atoms with Crippen LogP contribution in [0.5, 0.6) is 0 Å². The first-order valence-corrected chi connectivity index (χ1v) is 11.7. The molecule has 9 nitrogen and oxygen atoms in total. The van der Waals surface area contributed by atoms with Crippen LogP contribution in [0.3, 0.4) is 0 Å². The van der Waals surface area contributed by atoms with E-state index in [1.165, 1.54) is 6.42 Å². The number of carbonyl (C=O) groups excluding carboxylic acids is 1. The highest BCUT2D eigenvalue weighted by atomic mass is 32.2. The number of ether oxygens (including phenoxy) is 1. The van der Waals surface area contributed by atoms with Crippen LogP contribution in [0, 0.1) is 5.92 Å². The summed E-state index contributed by atoms with van der Waals surface area (Å²) in [7, 11) is -3.30. The Morgan fingerprint density at radius 3 is 2.46 bits per heavy atom. The fourth-order valence-electron chi connectivity index (χ4n) is 2.85. The number of amides is 1. The molecule has 28 heavy (non-hydrogen) atoms. The topological polar surface area (TPSA) is 112 Å². The average Bonchev–Trinajstić information content (AvgIpc) is 2.46. The molecule has 0 aromatic rings. The van der Waals surface area contributed by atoms with Crippen molar-refractivity contribution in [3.63, 3.8) is 0 Å². The molecule has 1 amide bonds. The molecule has 162 valence electrons. The maximum atomic E-state index is 12.1. The first-order chi connectivity index (χ1) is 13.1. The molecule has 2 rings (SSSR count). The quantitative estimate of drug-likeness (QED) is 0.399. The van der Waals surface area contributed by atoms with E-state index < -0.39 is 15.6 Å². The van der Waals surface area contributed by atoms with Gasteiger partial charge in [0.2, 0.25) is 10.0 Å². The van der Waals surface area contributed by atoms with Gasteiger partial charge < -0.3 is 20.3 Å². The molecule has 1 aliphatic heterocycles. The van der Waals surface area contributed by atoms with Crippen molar-refractivity contribution in [3.8, 4) is 0 Å². The SMILES string of the molecule is CCNC(=NCCS(=O)(=O)NCC1CCC1)NC1CN(C(=O)OC(C)(C)C)C1. The van der Waals surface area contributed by atoms with Crippen LogP contribution < -0.4 is 15.4 Å². The van der Waals surface area contributed by atoms with E-state index in [-0.39, 0.29) is 24.4 Å². The number of guanidine groups is 1. The molecular weight excluding hydrogens is 382 g/mol. The predicted octanol–water partition coefficient (Wildman–Crippen LogP) is 0.880. The summed E-state index contributed by atoms with van der Waals surface area (Å²) in [5.74, 6) is 1.01. The second-order valence-electron chi connectivity index (χ2n) is 8.45. The fraction of sp³-hybridized carbons (Fsp3) is 0.889. The Balaban J connectivity index is 1.72. The Morgan fingerprint density at radius 1 is 1.25 bits per heavy atom. The molecule has 0 aromatic carbocycles. The van der Waals surface area contributed by atoms with Crippen LogP contribution in [-0.2, 0) is 14.8 Å². The van der Waals surface area contributed by atoms with Gasteiger partial charge in [-0.05, 0) is 46.5 Å². The minimum atomic E-state index is -3.30. The lowest BCUT2D eigenvalue weighted by Gasteiger charge is -2.40. The summed E-state index contributed by atoms with van der Waals surface area (Å²) >= 11 is 0. The summed E-state index contributed by atoms with van der Waals surface area (Å²) in [6.07, 6.45) is 3.09. The molecule has 2 aliphatic rings. The van der Waals surface area contributed by atoms with Crippen molar-refractivity contribution < 1.29 is 17.9 Å². The molecule has 0 aromatic heterocycles. The van der Waals surface area contributed by atoms with Gasteiger partial charge in [0.05, 0.1) is 18.3 Å². The van der Waals surface area contributed by atoms with Gasteiger partial charge in [-0.1, -0.05) is 6.42 Å². The van der Waals surface area contributed by atoms with Gasteiger partial charge in [-0.2, -0.15) is 0 Å². The van der Waals surface area contributed by atoms with Gasteiger partial charge in [-0.15, -0.1) is 0 Å². The summed E-state index contributed by atoms with van der Waals surface area (Å²) < 4.78 is 32.1. The maximum Gasteiger partial charge on any atom is 0.410 e. The van der Waals surface area contributed by atoms with E-state index in [9.17, 15) is 13.2 Å². The number of aliphatic imine (C=N–C) groups is 1. The van der Waals surface area contributed by atoms with E-state index in [0.29, 0.717) is 38.1 Å². The van der Waals surface area contributed by atoms with Crippen LogP contribution in [0.25, 0.3) is 0 Å². The van der Waals surface area contributed by atoms with E-state index in [1.807, 2.05) is 27.7 Å². The Kier molecular flexibility index (Phi) is 7.94. The fourth-order valence-corrected chi connectivity index (χ4v) is 3.82. The molecule has 1 aliphatic carbocycles. The molecule has 3 N–H and O–H groups in total. The summed E-state index contributed by atoms with van der Waals surface area (Å²) in [5, 5.41) is 6.34. The average molecular weight is 418 g/mol. The number of nitrogens with one attached hydrogen (secondary N) is 3. The lowest BCUT2D eigenvalue weighted by molar-refractivity contribution is 0.00700. The van der Waals surface area contributed by atoms with Crippen molar-refractivity contribution in [2.24, 2.45) is 10.9 Å².